The van der Waals surface area contributed by atoms with Crippen LogP contribution in [0.1, 0.15) is 62.3 Å². The first kappa shape index (κ1) is 20.8. The van der Waals surface area contributed by atoms with Crippen LogP contribution < -0.4 is 10.6 Å². The number of ether oxygens (including phenoxy) is 1. The number of hydrogen-bond donors (Lipinski definition) is 3. The van der Waals surface area contributed by atoms with Gasteiger partial charge in [-0.1, -0.05) is 76.2 Å². The second-order valence-corrected chi connectivity index (χ2v) is 7.23. The van der Waals surface area contributed by atoms with Gasteiger partial charge in [0.2, 0.25) is 0 Å². The number of para-hydroxylation sites is 1. The Morgan fingerprint density at radius 1 is 0.963 bits per heavy atom. The van der Waals surface area contributed by atoms with Gasteiger partial charge < -0.3 is 20.5 Å². The van der Waals surface area contributed by atoms with Crippen LogP contribution in [0.5, 0.6) is 0 Å². The second kappa shape index (κ2) is 9.97. The average molecular weight is 370 g/mol. The maximum Gasteiger partial charge on any atom is 0.405 e. The Kier molecular flexibility index (Phi) is 7.67. The largest absolute Gasteiger partial charge is 0.465 e. The number of hydrogen-bond acceptors (Lipinski definition) is 3. The highest BCUT2D eigenvalue weighted by molar-refractivity contribution is 5.65. The van der Waals surface area contributed by atoms with Gasteiger partial charge in [0.15, 0.2) is 0 Å². The molecule has 0 heterocycles. The number of carbonyl (C=O) groups is 1. The van der Waals surface area contributed by atoms with Crippen molar-refractivity contribution >= 4 is 11.8 Å². The summed E-state index contributed by atoms with van der Waals surface area (Å²) in [6.07, 6.45) is -1.06. The highest BCUT2D eigenvalue weighted by atomic mass is 16.5. The highest BCUT2D eigenvalue weighted by Gasteiger charge is 2.16. The van der Waals surface area contributed by atoms with Gasteiger partial charge in [0.1, 0.15) is 6.73 Å². The van der Waals surface area contributed by atoms with E-state index in [0.29, 0.717) is 18.6 Å². The van der Waals surface area contributed by atoms with E-state index in [4.69, 9.17) is 9.84 Å². The lowest BCUT2D eigenvalue weighted by Gasteiger charge is -2.22. The molecule has 146 valence electrons. The molecule has 0 bridgehead atoms. The molecule has 2 aromatic carbocycles. The van der Waals surface area contributed by atoms with Gasteiger partial charge in [-0.25, -0.2) is 4.79 Å². The summed E-state index contributed by atoms with van der Waals surface area (Å²) in [6, 6.07) is 15.4. The van der Waals surface area contributed by atoms with Gasteiger partial charge >= 0.3 is 6.09 Å². The third-order valence-corrected chi connectivity index (χ3v) is 4.51. The van der Waals surface area contributed by atoms with Crippen LogP contribution in [0, 0.1) is 0 Å². The van der Waals surface area contributed by atoms with Crippen LogP contribution in [0.15, 0.2) is 48.5 Å². The number of anilines is 1. The van der Waals surface area contributed by atoms with E-state index in [1.54, 1.807) is 0 Å². The van der Waals surface area contributed by atoms with Gasteiger partial charge in [-0.15, -0.1) is 0 Å². The van der Waals surface area contributed by atoms with Gasteiger partial charge in [-0.2, -0.15) is 0 Å². The van der Waals surface area contributed by atoms with Gasteiger partial charge in [0.25, 0.3) is 0 Å². The summed E-state index contributed by atoms with van der Waals surface area (Å²) in [5.74, 6) is 0.800. The fourth-order valence-electron chi connectivity index (χ4n) is 3.11. The van der Waals surface area contributed by atoms with Crippen molar-refractivity contribution in [2.45, 2.75) is 45.6 Å². The topological polar surface area (TPSA) is 70.6 Å². The van der Waals surface area contributed by atoms with Crippen molar-refractivity contribution in [3.63, 3.8) is 0 Å². The summed E-state index contributed by atoms with van der Waals surface area (Å²) in [5.41, 5.74) is 4.51. The SMILES string of the molecule is CC(C)c1cccc(C(C)C)c1NCOC[C@H](NC(=O)O)c1ccccc1. The molecule has 0 aliphatic heterocycles. The van der Waals surface area contributed by atoms with E-state index >= 15 is 0 Å². The molecular formula is C22H30N2O3. The Morgan fingerprint density at radius 3 is 2.07 bits per heavy atom. The molecule has 2 rings (SSSR count). The molecule has 0 saturated carbocycles. The van der Waals surface area contributed by atoms with E-state index in [-0.39, 0.29) is 6.61 Å². The first-order valence-corrected chi connectivity index (χ1v) is 9.39. The Balaban J connectivity index is 2.04. The van der Waals surface area contributed by atoms with Crippen LogP contribution >= 0.6 is 0 Å². The molecule has 0 aliphatic carbocycles. The molecule has 1 amide bonds. The summed E-state index contributed by atoms with van der Waals surface area (Å²) in [7, 11) is 0. The highest BCUT2D eigenvalue weighted by Crippen LogP contribution is 2.32. The first-order chi connectivity index (χ1) is 12.9. The van der Waals surface area contributed by atoms with Crippen molar-refractivity contribution in [1.29, 1.82) is 0 Å². The zero-order valence-corrected chi connectivity index (χ0v) is 16.5. The van der Waals surface area contributed by atoms with Crippen molar-refractivity contribution in [3.05, 3.63) is 65.2 Å². The van der Waals surface area contributed by atoms with Gasteiger partial charge in [0.05, 0.1) is 12.6 Å². The number of benzene rings is 2. The molecule has 0 unspecified atom stereocenters. The maximum absolute atomic E-state index is 11.1. The third kappa shape index (κ3) is 6.00. The minimum atomic E-state index is -1.06. The molecule has 0 aliphatic rings. The van der Waals surface area contributed by atoms with Gasteiger partial charge in [-0.3, -0.25) is 0 Å². The van der Waals surface area contributed by atoms with Crippen LogP contribution in [0.25, 0.3) is 0 Å². The van der Waals surface area contributed by atoms with E-state index in [1.807, 2.05) is 30.3 Å². The van der Waals surface area contributed by atoms with Gasteiger partial charge in [0, 0.05) is 5.69 Å². The van der Waals surface area contributed by atoms with E-state index in [0.717, 1.165) is 11.3 Å². The normalized spacial score (nSPS) is 12.2. The van der Waals surface area contributed by atoms with Crippen LogP contribution in [-0.4, -0.2) is 24.5 Å². The molecule has 0 fully saturated rings. The van der Waals surface area contributed by atoms with Crippen molar-refractivity contribution in [2.24, 2.45) is 0 Å². The molecule has 5 heteroatoms. The number of nitrogens with one attached hydrogen (secondary N) is 2. The number of carboxylic acid groups (broad SMARTS) is 1. The van der Waals surface area contributed by atoms with E-state index in [9.17, 15) is 4.79 Å². The average Bonchev–Trinajstić information content (AvgIpc) is 2.64. The predicted molar refractivity (Wildman–Crippen MR) is 109 cm³/mol. The molecule has 0 aromatic heterocycles. The standard InChI is InChI=1S/C22H30N2O3/c1-15(2)18-11-8-12-19(16(3)4)21(18)23-14-27-13-20(24-22(25)26)17-9-6-5-7-10-17/h5-12,15-16,20,23-24H,13-14H2,1-4H3,(H,25,26)/t20-/m0/s1. The fourth-order valence-corrected chi connectivity index (χ4v) is 3.11. The number of rotatable bonds is 9. The molecule has 2 aromatic rings. The van der Waals surface area contributed by atoms with Crippen molar-refractivity contribution < 1.29 is 14.6 Å². The van der Waals surface area contributed by atoms with Crippen LogP contribution in [0.4, 0.5) is 10.5 Å². The third-order valence-electron chi connectivity index (χ3n) is 4.51. The molecule has 0 saturated heterocycles. The maximum atomic E-state index is 11.1. The second-order valence-electron chi connectivity index (χ2n) is 7.23. The number of amides is 1. The molecule has 1 atom stereocenters. The Morgan fingerprint density at radius 2 is 1.56 bits per heavy atom. The molecule has 3 N–H and O–H groups in total. The molecule has 5 nitrogen and oxygen atoms in total. The lowest BCUT2D eigenvalue weighted by Crippen LogP contribution is -2.30. The summed E-state index contributed by atoms with van der Waals surface area (Å²) < 4.78 is 5.79. The van der Waals surface area contributed by atoms with Crippen LogP contribution in [-0.2, 0) is 4.74 Å². The smallest absolute Gasteiger partial charge is 0.405 e. The summed E-state index contributed by atoms with van der Waals surface area (Å²) in [5, 5.41) is 15.0. The van der Waals surface area contributed by atoms with E-state index in [2.05, 4.69) is 56.5 Å². The lowest BCUT2D eigenvalue weighted by atomic mass is 9.93. The first-order valence-electron chi connectivity index (χ1n) is 9.39. The van der Waals surface area contributed by atoms with Crippen molar-refractivity contribution in [1.82, 2.24) is 5.32 Å². The van der Waals surface area contributed by atoms with Crippen molar-refractivity contribution in [3.8, 4) is 0 Å². The molecular weight excluding hydrogens is 340 g/mol. The Bertz CT molecular complexity index is 703. The van der Waals surface area contributed by atoms with Crippen molar-refractivity contribution in [2.75, 3.05) is 18.7 Å². The summed E-state index contributed by atoms with van der Waals surface area (Å²) in [4.78, 5) is 11.1. The zero-order valence-electron chi connectivity index (χ0n) is 16.5. The van der Waals surface area contributed by atoms with Gasteiger partial charge in [-0.05, 0) is 28.5 Å². The minimum absolute atomic E-state index is 0.254. The monoisotopic (exact) mass is 370 g/mol. The summed E-state index contributed by atoms with van der Waals surface area (Å²) in [6.45, 7) is 9.26. The molecule has 27 heavy (non-hydrogen) atoms. The van der Waals surface area contributed by atoms with E-state index in [1.165, 1.54) is 11.1 Å². The zero-order chi connectivity index (χ0) is 19.8. The Labute approximate surface area is 161 Å². The predicted octanol–water partition coefficient (Wildman–Crippen LogP) is 5.33. The summed E-state index contributed by atoms with van der Waals surface area (Å²) >= 11 is 0. The minimum Gasteiger partial charge on any atom is -0.465 e. The van der Waals surface area contributed by atoms with E-state index < -0.39 is 12.1 Å². The van der Waals surface area contributed by atoms with Crippen LogP contribution in [0.2, 0.25) is 0 Å². The molecule has 0 spiro atoms. The quantitative estimate of drug-likeness (QED) is 0.412. The fraction of sp³-hybridized carbons (Fsp3) is 0.409. The molecule has 0 radical (unpaired) electrons. The van der Waals surface area contributed by atoms with Crippen LogP contribution in [0.3, 0.4) is 0 Å². The lowest BCUT2D eigenvalue weighted by molar-refractivity contribution is 0.122. The Hall–Kier alpha value is -2.53.